The van der Waals surface area contributed by atoms with Gasteiger partial charge in [-0.2, -0.15) is 0 Å². The molecule has 3 amide bonds. The first-order chi connectivity index (χ1) is 9.90. The van der Waals surface area contributed by atoms with E-state index in [2.05, 4.69) is 21.3 Å². The lowest BCUT2D eigenvalue weighted by Gasteiger charge is -2.14. The highest BCUT2D eigenvalue weighted by Crippen LogP contribution is 2.03. The molecule has 0 radical (unpaired) electrons. The molecule has 0 spiro atoms. The van der Waals surface area contributed by atoms with E-state index in [1.54, 1.807) is 0 Å². The largest absolute Gasteiger partial charge is 0.480 e. The molecule has 0 aromatic carbocycles. The van der Waals surface area contributed by atoms with Crippen LogP contribution in [0.2, 0.25) is 0 Å². The summed E-state index contributed by atoms with van der Waals surface area (Å²) in [6.07, 6.45) is 1.66. The monoisotopic (exact) mass is 300 g/mol. The van der Waals surface area contributed by atoms with Crippen LogP contribution in [-0.2, 0) is 19.2 Å². The number of carboxylic acid groups (broad SMARTS) is 1. The lowest BCUT2D eigenvalue weighted by Crippen LogP contribution is -2.50. The Bertz CT molecular complexity index is 420. The zero-order valence-electron chi connectivity index (χ0n) is 11.8. The number of carboxylic acids is 1. The Morgan fingerprint density at radius 1 is 1.24 bits per heavy atom. The van der Waals surface area contributed by atoms with Crippen molar-refractivity contribution in [3.8, 4) is 0 Å². The Morgan fingerprint density at radius 2 is 1.95 bits per heavy atom. The highest BCUT2D eigenvalue weighted by atomic mass is 16.4. The van der Waals surface area contributed by atoms with E-state index in [9.17, 15) is 19.2 Å². The topological polar surface area (TPSA) is 137 Å². The first kappa shape index (κ1) is 16.9. The molecule has 5 N–H and O–H groups in total. The molecule has 1 heterocycles. The smallest absolute Gasteiger partial charge is 0.322 e. The molecule has 1 saturated heterocycles. The van der Waals surface area contributed by atoms with Gasteiger partial charge in [0.05, 0.1) is 12.6 Å². The van der Waals surface area contributed by atoms with Crippen LogP contribution in [0.15, 0.2) is 0 Å². The second-order valence-electron chi connectivity index (χ2n) is 4.77. The predicted molar refractivity (Wildman–Crippen MR) is 72.3 cm³/mol. The van der Waals surface area contributed by atoms with Gasteiger partial charge in [-0.05, 0) is 26.3 Å². The summed E-state index contributed by atoms with van der Waals surface area (Å²) in [4.78, 5) is 45.0. The Hall–Kier alpha value is -2.16. The van der Waals surface area contributed by atoms with Gasteiger partial charge in [0.15, 0.2) is 0 Å². The lowest BCUT2D eigenvalue weighted by molar-refractivity contribution is -0.138. The Kier molecular flexibility index (Phi) is 6.60. The summed E-state index contributed by atoms with van der Waals surface area (Å²) >= 11 is 0. The molecule has 1 aliphatic rings. The van der Waals surface area contributed by atoms with Crippen LogP contribution >= 0.6 is 0 Å². The zero-order chi connectivity index (χ0) is 15.8. The number of carbonyl (C=O) groups is 4. The molecule has 1 fully saturated rings. The summed E-state index contributed by atoms with van der Waals surface area (Å²) in [7, 11) is 0. The van der Waals surface area contributed by atoms with Crippen molar-refractivity contribution in [2.75, 3.05) is 19.6 Å². The first-order valence-corrected chi connectivity index (χ1v) is 6.70. The standard InChI is InChI=1S/C12H20N4O5/c1-7(11(20)15-6-10(18)19)16-9(17)5-14-12(21)8-3-2-4-13-8/h7-8,13H,2-6H2,1H3,(H,14,21)(H,15,20)(H,16,17)(H,18,19). The SMILES string of the molecule is CC(NC(=O)CNC(=O)C1CCCN1)C(=O)NCC(=O)O. The van der Waals surface area contributed by atoms with E-state index in [0.29, 0.717) is 0 Å². The molecule has 2 atom stereocenters. The maximum Gasteiger partial charge on any atom is 0.322 e. The van der Waals surface area contributed by atoms with Crippen LogP contribution in [0.5, 0.6) is 0 Å². The van der Waals surface area contributed by atoms with Crippen molar-refractivity contribution in [2.24, 2.45) is 0 Å². The minimum Gasteiger partial charge on any atom is -0.480 e. The minimum absolute atomic E-state index is 0.229. The molecule has 9 nitrogen and oxygen atoms in total. The van der Waals surface area contributed by atoms with Crippen molar-refractivity contribution >= 4 is 23.7 Å². The fourth-order valence-corrected chi connectivity index (χ4v) is 1.87. The van der Waals surface area contributed by atoms with E-state index in [-0.39, 0.29) is 18.5 Å². The second-order valence-corrected chi connectivity index (χ2v) is 4.77. The quantitative estimate of drug-likeness (QED) is 0.354. The van der Waals surface area contributed by atoms with Crippen molar-refractivity contribution in [1.82, 2.24) is 21.3 Å². The van der Waals surface area contributed by atoms with Gasteiger partial charge in [0.2, 0.25) is 17.7 Å². The van der Waals surface area contributed by atoms with Crippen LogP contribution in [0.1, 0.15) is 19.8 Å². The van der Waals surface area contributed by atoms with Crippen LogP contribution in [0.3, 0.4) is 0 Å². The highest BCUT2D eigenvalue weighted by molar-refractivity contribution is 5.91. The average Bonchev–Trinajstić information content (AvgIpc) is 2.96. The lowest BCUT2D eigenvalue weighted by atomic mass is 10.2. The summed E-state index contributed by atoms with van der Waals surface area (Å²) < 4.78 is 0. The third-order valence-electron chi connectivity index (χ3n) is 2.98. The Labute approximate surface area is 121 Å². The van der Waals surface area contributed by atoms with Crippen molar-refractivity contribution in [3.05, 3.63) is 0 Å². The van der Waals surface area contributed by atoms with Gasteiger partial charge in [-0.1, -0.05) is 0 Å². The van der Waals surface area contributed by atoms with Gasteiger partial charge < -0.3 is 26.4 Å². The van der Waals surface area contributed by atoms with Crippen molar-refractivity contribution in [1.29, 1.82) is 0 Å². The number of carbonyl (C=O) groups excluding carboxylic acids is 3. The van der Waals surface area contributed by atoms with E-state index in [4.69, 9.17) is 5.11 Å². The normalized spacial score (nSPS) is 18.6. The molecule has 0 aromatic heterocycles. The number of amides is 3. The van der Waals surface area contributed by atoms with Crippen molar-refractivity contribution in [2.45, 2.75) is 31.8 Å². The number of hydrogen-bond donors (Lipinski definition) is 5. The molecule has 1 aliphatic heterocycles. The van der Waals surface area contributed by atoms with Gasteiger partial charge in [0.25, 0.3) is 0 Å². The molecule has 2 unspecified atom stereocenters. The zero-order valence-corrected chi connectivity index (χ0v) is 11.8. The predicted octanol–water partition coefficient (Wildman–Crippen LogP) is -2.44. The number of hydrogen-bond acceptors (Lipinski definition) is 5. The maximum absolute atomic E-state index is 11.6. The third-order valence-corrected chi connectivity index (χ3v) is 2.98. The summed E-state index contributed by atoms with van der Waals surface area (Å²) in [6.45, 7) is 1.47. The summed E-state index contributed by atoms with van der Waals surface area (Å²) in [6, 6.07) is -1.15. The third kappa shape index (κ3) is 6.21. The molecule has 0 aliphatic carbocycles. The van der Waals surface area contributed by atoms with Gasteiger partial charge in [-0.25, -0.2) is 0 Å². The van der Waals surface area contributed by atoms with Crippen LogP contribution in [0, 0.1) is 0 Å². The Morgan fingerprint density at radius 3 is 2.52 bits per heavy atom. The number of aliphatic carboxylic acids is 1. The molecule has 9 heteroatoms. The van der Waals surface area contributed by atoms with E-state index in [1.807, 2.05) is 0 Å². The van der Waals surface area contributed by atoms with Crippen molar-refractivity contribution in [3.63, 3.8) is 0 Å². The van der Waals surface area contributed by atoms with Gasteiger partial charge in [-0.15, -0.1) is 0 Å². The summed E-state index contributed by atoms with van der Waals surface area (Å²) in [5, 5.41) is 18.4. The molecule has 21 heavy (non-hydrogen) atoms. The van der Waals surface area contributed by atoms with Crippen molar-refractivity contribution < 1.29 is 24.3 Å². The van der Waals surface area contributed by atoms with Gasteiger partial charge in [0, 0.05) is 0 Å². The summed E-state index contributed by atoms with van der Waals surface area (Å²) in [5.74, 6) is -2.53. The summed E-state index contributed by atoms with van der Waals surface area (Å²) in [5.41, 5.74) is 0. The second kappa shape index (κ2) is 8.20. The minimum atomic E-state index is -1.17. The molecular formula is C12H20N4O5. The first-order valence-electron chi connectivity index (χ1n) is 6.70. The molecule has 0 aromatic rings. The molecular weight excluding hydrogens is 280 g/mol. The average molecular weight is 300 g/mol. The van der Waals surface area contributed by atoms with Crippen LogP contribution in [0.25, 0.3) is 0 Å². The van der Waals surface area contributed by atoms with E-state index in [0.717, 1.165) is 19.4 Å². The molecule has 118 valence electrons. The Balaban J connectivity index is 2.24. The van der Waals surface area contributed by atoms with E-state index in [1.165, 1.54) is 6.92 Å². The fraction of sp³-hybridized carbons (Fsp3) is 0.667. The number of rotatable bonds is 7. The van der Waals surface area contributed by atoms with Crippen LogP contribution in [0.4, 0.5) is 0 Å². The maximum atomic E-state index is 11.6. The number of nitrogens with one attached hydrogen (secondary N) is 4. The fourth-order valence-electron chi connectivity index (χ4n) is 1.87. The van der Waals surface area contributed by atoms with Gasteiger partial charge in [0.1, 0.15) is 12.6 Å². The van der Waals surface area contributed by atoms with Crippen LogP contribution < -0.4 is 21.3 Å². The molecule has 0 saturated carbocycles. The van der Waals surface area contributed by atoms with Gasteiger partial charge >= 0.3 is 5.97 Å². The highest BCUT2D eigenvalue weighted by Gasteiger charge is 2.22. The molecule has 1 rings (SSSR count). The van der Waals surface area contributed by atoms with E-state index < -0.39 is 30.4 Å². The van der Waals surface area contributed by atoms with Crippen LogP contribution in [-0.4, -0.2) is 60.5 Å². The van der Waals surface area contributed by atoms with Gasteiger partial charge in [-0.3, -0.25) is 19.2 Å². The molecule has 0 bridgehead atoms. The van der Waals surface area contributed by atoms with E-state index >= 15 is 0 Å².